The lowest BCUT2D eigenvalue weighted by Crippen LogP contribution is -2.33. The van der Waals surface area contributed by atoms with Gasteiger partial charge in [-0.25, -0.2) is 4.79 Å². The molecule has 0 bridgehead atoms. The number of nitrogens with zero attached hydrogens (tertiary/aromatic N) is 2. The van der Waals surface area contributed by atoms with Crippen LogP contribution in [-0.4, -0.2) is 23.5 Å². The molecule has 0 unspecified atom stereocenters. The molecule has 20 heavy (non-hydrogen) atoms. The molecule has 5 heteroatoms. The highest BCUT2D eigenvalue weighted by Gasteiger charge is 2.46. The minimum atomic E-state index is -0.984. The Morgan fingerprint density at radius 1 is 1.45 bits per heavy atom. The normalized spacial score (nSPS) is 18.6. The minimum Gasteiger partial charge on any atom is -0.478 e. The first kappa shape index (κ1) is 12.7. The summed E-state index contributed by atoms with van der Waals surface area (Å²) in [6.45, 7) is 0.568. The number of carboxylic acid groups (broad SMARTS) is 1. The molecule has 0 aromatic heterocycles. The number of carboxylic acids is 1. The predicted molar refractivity (Wildman–Crippen MR) is 71.4 cm³/mol. The summed E-state index contributed by atoms with van der Waals surface area (Å²) in [4.78, 5) is 24.8. The van der Waals surface area contributed by atoms with Gasteiger partial charge < -0.3 is 10.0 Å². The summed E-state index contributed by atoms with van der Waals surface area (Å²) in [7, 11) is 0. The van der Waals surface area contributed by atoms with Crippen LogP contribution in [0.2, 0.25) is 0 Å². The van der Waals surface area contributed by atoms with E-state index in [2.05, 4.69) is 6.07 Å². The number of anilines is 1. The van der Waals surface area contributed by atoms with Crippen molar-refractivity contribution in [1.82, 2.24) is 0 Å². The van der Waals surface area contributed by atoms with E-state index in [1.54, 1.807) is 17.0 Å². The maximum absolute atomic E-state index is 12.1. The summed E-state index contributed by atoms with van der Waals surface area (Å²) in [5.41, 5.74) is 1.72. The second-order valence-corrected chi connectivity index (χ2v) is 5.64. The Morgan fingerprint density at radius 3 is 2.80 bits per heavy atom. The maximum Gasteiger partial charge on any atom is 0.335 e. The molecule has 5 nitrogen and oxygen atoms in total. The third-order valence-electron chi connectivity index (χ3n) is 4.16. The van der Waals surface area contributed by atoms with E-state index in [9.17, 15) is 9.59 Å². The van der Waals surface area contributed by atoms with Gasteiger partial charge in [0.15, 0.2) is 0 Å². The molecule has 1 amide bonds. The highest BCUT2D eigenvalue weighted by Crippen LogP contribution is 2.50. The highest BCUT2D eigenvalue weighted by molar-refractivity contribution is 6.02. The average molecular weight is 270 g/mol. The molecule has 1 heterocycles. The molecule has 1 aromatic rings. The van der Waals surface area contributed by atoms with Crippen molar-refractivity contribution in [1.29, 1.82) is 5.26 Å². The molecule has 0 spiro atoms. The number of benzene rings is 1. The second-order valence-electron chi connectivity index (χ2n) is 5.64. The molecule has 1 aromatic carbocycles. The first-order valence-electron chi connectivity index (χ1n) is 6.58. The van der Waals surface area contributed by atoms with Crippen molar-refractivity contribution in [2.75, 3.05) is 11.4 Å². The molecule has 2 aliphatic rings. The summed E-state index contributed by atoms with van der Waals surface area (Å²) < 4.78 is 0. The van der Waals surface area contributed by atoms with E-state index in [-0.39, 0.29) is 23.3 Å². The molecule has 1 aliphatic heterocycles. The van der Waals surface area contributed by atoms with Gasteiger partial charge in [0.25, 0.3) is 0 Å². The molecule has 102 valence electrons. The van der Waals surface area contributed by atoms with Gasteiger partial charge in [-0.05, 0) is 36.6 Å². The molecule has 1 saturated carbocycles. The number of hydrogen-bond donors (Lipinski definition) is 1. The van der Waals surface area contributed by atoms with Gasteiger partial charge in [-0.3, -0.25) is 4.79 Å². The van der Waals surface area contributed by atoms with E-state index in [4.69, 9.17) is 10.4 Å². The molecule has 1 fully saturated rings. The largest absolute Gasteiger partial charge is 0.478 e. The van der Waals surface area contributed by atoms with E-state index in [1.165, 1.54) is 6.07 Å². The predicted octanol–water partition coefficient (Wildman–Crippen LogP) is 1.97. The standard InChI is InChI=1S/C15H14N2O3/c16-6-5-15(3-4-15)9-17-12-2-1-10(14(19)20)7-11(12)8-13(17)18/h1-2,7H,3-5,8-9H2,(H,19,20). The van der Waals surface area contributed by atoms with Gasteiger partial charge in [0.05, 0.1) is 18.1 Å². The van der Waals surface area contributed by atoms with Crippen LogP contribution in [0, 0.1) is 16.7 Å². The van der Waals surface area contributed by atoms with Crippen LogP contribution in [0.4, 0.5) is 5.69 Å². The van der Waals surface area contributed by atoms with Gasteiger partial charge >= 0.3 is 5.97 Å². The van der Waals surface area contributed by atoms with Gasteiger partial charge in [0.1, 0.15) is 0 Å². The number of fused-ring (bicyclic) bond motifs is 1. The maximum atomic E-state index is 12.1. The number of carbonyl (C=O) groups is 2. The highest BCUT2D eigenvalue weighted by atomic mass is 16.4. The van der Waals surface area contributed by atoms with Gasteiger partial charge in [-0.15, -0.1) is 0 Å². The van der Waals surface area contributed by atoms with Crippen molar-refractivity contribution >= 4 is 17.6 Å². The Kier molecular flexibility index (Phi) is 2.75. The van der Waals surface area contributed by atoms with Gasteiger partial charge in [-0.2, -0.15) is 5.26 Å². The quantitative estimate of drug-likeness (QED) is 0.906. The van der Waals surface area contributed by atoms with Crippen molar-refractivity contribution in [3.8, 4) is 6.07 Å². The third kappa shape index (κ3) is 2.03. The zero-order valence-corrected chi connectivity index (χ0v) is 10.9. The molecule has 3 rings (SSSR count). The summed E-state index contributed by atoms with van der Waals surface area (Å²) in [5, 5.41) is 17.8. The van der Waals surface area contributed by atoms with Crippen LogP contribution in [0.25, 0.3) is 0 Å². The Morgan fingerprint density at radius 2 is 2.20 bits per heavy atom. The zero-order valence-electron chi connectivity index (χ0n) is 10.9. The van der Waals surface area contributed by atoms with E-state index in [1.807, 2.05) is 0 Å². The summed E-state index contributed by atoms with van der Waals surface area (Å²) in [5.74, 6) is -0.992. The first-order valence-corrected chi connectivity index (χ1v) is 6.58. The third-order valence-corrected chi connectivity index (χ3v) is 4.16. The molecule has 1 aliphatic carbocycles. The van der Waals surface area contributed by atoms with Gasteiger partial charge in [0.2, 0.25) is 5.91 Å². The Hall–Kier alpha value is -2.35. The van der Waals surface area contributed by atoms with E-state index >= 15 is 0 Å². The van der Waals surface area contributed by atoms with E-state index in [0.29, 0.717) is 13.0 Å². The van der Waals surface area contributed by atoms with Crippen LogP contribution >= 0.6 is 0 Å². The fourth-order valence-electron chi connectivity index (χ4n) is 2.76. The van der Waals surface area contributed by atoms with Crippen LogP contribution in [0.3, 0.4) is 0 Å². The number of rotatable bonds is 4. The Bertz CT molecular complexity index is 641. The monoisotopic (exact) mass is 270 g/mol. The van der Waals surface area contributed by atoms with Gasteiger partial charge in [-0.1, -0.05) is 0 Å². The molecule has 1 N–H and O–H groups in total. The van der Waals surface area contributed by atoms with Crippen LogP contribution < -0.4 is 4.90 Å². The average Bonchev–Trinajstić information content (AvgIpc) is 3.09. The first-order chi connectivity index (χ1) is 9.54. The smallest absolute Gasteiger partial charge is 0.335 e. The summed E-state index contributed by atoms with van der Waals surface area (Å²) in [6.07, 6.45) is 2.68. The lowest BCUT2D eigenvalue weighted by molar-refractivity contribution is -0.117. The number of carbonyl (C=O) groups excluding carboxylic acids is 1. The van der Waals surface area contributed by atoms with Crippen molar-refractivity contribution in [3.05, 3.63) is 29.3 Å². The van der Waals surface area contributed by atoms with Gasteiger partial charge in [0, 0.05) is 24.1 Å². The summed E-state index contributed by atoms with van der Waals surface area (Å²) >= 11 is 0. The molecule has 0 radical (unpaired) electrons. The van der Waals surface area contributed by atoms with Crippen LogP contribution in [0.15, 0.2) is 18.2 Å². The lowest BCUT2D eigenvalue weighted by Gasteiger charge is -2.22. The van der Waals surface area contributed by atoms with Crippen LogP contribution in [0.5, 0.6) is 0 Å². The van der Waals surface area contributed by atoms with Crippen molar-refractivity contribution in [2.45, 2.75) is 25.7 Å². The summed E-state index contributed by atoms with van der Waals surface area (Å²) in [6, 6.07) is 6.99. The van der Waals surface area contributed by atoms with Crippen LogP contribution in [0.1, 0.15) is 35.2 Å². The SMILES string of the molecule is N#CCC1(CN2C(=O)Cc3cc(C(=O)O)ccc32)CC1. The van der Waals surface area contributed by atoms with E-state index in [0.717, 1.165) is 24.1 Å². The zero-order chi connectivity index (χ0) is 14.3. The molecule has 0 saturated heterocycles. The van der Waals surface area contributed by atoms with Crippen molar-refractivity contribution in [3.63, 3.8) is 0 Å². The Balaban J connectivity index is 1.87. The Labute approximate surface area is 116 Å². The van der Waals surface area contributed by atoms with Crippen LogP contribution in [-0.2, 0) is 11.2 Å². The number of hydrogen-bond acceptors (Lipinski definition) is 3. The molecular weight excluding hydrogens is 256 g/mol. The lowest BCUT2D eigenvalue weighted by atomic mass is 10.0. The fraction of sp³-hybridized carbons (Fsp3) is 0.400. The van der Waals surface area contributed by atoms with E-state index < -0.39 is 5.97 Å². The fourth-order valence-corrected chi connectivity index (χ4v) is 2.76. The number of amides is 1. The number of aromatic carboxylic acids is 1. The number of nitriles is 1. The van der Waals surface area contributed by atoms with Crippen molar-refractivity contribution in [2.24, 2.45) is 5.41 Å². The second kappa shape index (κ2) is 4.34. The van der Waals surface area contributed by atoms with Crippen molar-refractivity contribution < 1.29 is 14.7 Å². The molecular formula is C15H14N2O3. The molecule has 0 atom stereocenters. The topological polar surface area (TPSA) is 81.4 Å². The minimum absolute atomic E-state index is 0.00764.